The number of aromatic nitrogens is 1. The summed E-state index contributed by atoms with van der Waals surface area (Å²) < 4.78 is 38.2. The molecule has 0 bridgehead atoms. The first-order valence-corrected chi connectivity index (χ1v) is 8.89. The van der Waals surface area contributed by atoms with E-state index in [9.17, 15) is 18.8 Å². The maximum atomic E-state index is 14.5. The Morgan fingerprint density at radius 2 is 2.15 bits per heavy atom. The van der Waals surface area contributed by atoms with Gasteiger partial charge in [0.25, 0.3) is 0 Å². The van der Waals surface area contributed by atoms with Crippen LogP contribution in [0.2, 0.25) is 0 Å². The third-order valence-electron chi connectivity index (χ3n) is 4.60. The fourth-order valence-electron chi connectivity index (χ4n) is 3.08. The minimum atomic E-state index is -1.07. The second-order valence-electron chi connectivity index (χ2n) is 6.36. The van der Waals surface area contributed by atoms with Crippen molar-refractivity contribution < 1.29 is 18.3 Å². The molecule has 1 atom stereocenters. The summed E-state index contributed by atoms with van der Waals surface area (Å²) in [5, 5.41) is 14.0. The molecule has 0 radical (unpaired) electrons. The SMILES string of the molecule is N#CC1(c2c(F)cc(N3C[C@H](CNc4ccsn4)OC3=O)cc2F)CC1. The van der Waals surface area contributed by atoms with E-state index in [1.807, 2.05) is 11.4 Å². The minimum Gasteiger partial charge on any atom is -0.442 e. The smallest absolute Gasteiger partial charge is 0.414 e. The average Bonchev–Trinajstić information content (AvgIpc) is 3.03. The van der Waals surface area contributed by atoms with E-state index in [0.717, 1.165) is 12.1 Å². The lowest BCUT2D eigenvalue weighted by molar-refractivity contribution is 0.147. The van der Waals surface area contributed by atoms with Crippen molar-refractivity contribution in [2.75, 3.05) is 23.3 Å². The van der Waals surface area contributed by atoms with Gasteiger partial charge < -0.3 is 10.1 Å². The number of halogens is 2. The number of hydrogen-bond donors (Lipinski definition) is 1. The van der Waals surface area contributed by atoms with Gasteiger partial charge in [-0.25, -0.2) is 13.6 Å². The third-order valence-corrected chi connectivity index (χ3v) is 5.16. The second-order valence-corrected chi connectivity index (χ2v) is 7.03. The van der Waals surface area contributed by atoms with E-state index in [1.165, 1.54) is 16.4 Å². The normalized spacial score (nSPS) is 20.6. The summed E-state index contributed by atoms with van der Waals surface area (Å²) in [6.45, 7) is 0.504. The highest BCUT2D eigenvalue weighted by Gasteiger charge is 2.49. The minimum absolute atomic E-state index is 0.0821. The first kappa shape index (κ1) is 16.7. The van der Waals surface area contributed by atoms with Crippen molar-refractivity contribution >= 4 is 29.1 Å². The molecular formula is C17H14F2N4O2S. The number of cyclic esters (lactones) is 1. The molecular weight excluding hydrogens is 362 g/mol. The summed E-state index contributed by atoms with van der Waals surface area (Å²) in [6.07, 6.45) is -0.258. The Bertz CT molecular complexity index is 870. The Morgan fingerprint density at radius 1 is 1.42 bits per heavy atom. The number of nitrogens with zero attached hydrogens (tertiary/aromatic N) is 3. The molecule has 134 valence electrons. The van der Waals surface area contributed by atoms with E-state index < -0.39 is 29.2 Å². The number of benzene rings is 1. The Balaban J connectivity index is 1.51. The number of nitrogens with one attached hydrogen (secondary N) is 1. The topological polar surface area (TPSA) is 78.2 Å². The number of hydrogen-bond acceptors (Lipinski definition) is 6. The summed E-state index contributed by atoms with van der Waals surface area (Å²) in [4.78, 5) is 13.3. The number of nitriles is 1. The zero-order valence-electron chi connectivity index (χ0n) is 13.5. The van der Waals surface area contributed by atoms with Crippen molar-refractivity contribution in [3.63, 3.8) is 0 Å². The predicted molar refractivity (Wildman–Crippen MR) is 91.1 cm³/mol. The van der Waals surface area contributed by atoms with Crippen LogP contribution in [-0.2, 0) is 10.2 Å². The highest BCUT2D eigenvalue weighted by Crippen LogP contribution is 2.50. The van der Waals surface area contributed by atoms with Crippen LogP contribution in [0.15, 0.2) is 23.6 Å². The van der Waals surface area contributed by atoms with Crippen LogP contribution in [0.3, 0.4) is 0 Å². The molecule has 6 nitrogen and oxygen atoms in total. The highest BCUT2D eigenvalue weighted by atomic mass is 32.1. The van der Waals surface area contributed by atoms with Gasteiger partial charge in [0.15, 0.2) is 0 Å². The molecule has 0 spiro atoms. The van der Waals surface area contributed by atoms with Gasteiger partial charge in [0.2, 0.25) is 0 Å². The standard InChI is InChI=1S/C17H14F2N4O2S/c18-12-5-10(6-13(19)15(12)17(9-20)2-3-17)23-8-11(25-16(23)24)7-21-14-1-4-26-22-14/h1,4-6,11H,2-3,7-8H2,(H,21,22)/t11-/m0/s1. The molecule has 1 aromatic carbocycles. The number of carbonyl (C=O) groups is 1. The molecule has 4 rings (SSSR count). The molecule has 1 aromatic heterocycles. The molecule has 1 saturated carbocycles. The van der Waals surface area contributed by atoms with E-state index in [1.54, 1.807) is 6.07 Å². The molecule has 1 saturated heterocycles. The molecule has 1 aliphatic carbocycles. The Labute approximate surface area is 152 Å². The number of rotatable bonds is 5. The molecule has 1 N–H and O–H groups in total. The lowest BCUT2D eigenvalue weighted by Gasteiger charge is -2.16. The predicted octanol–water partition coefficient (Wildman–Crippen LogP) is 3.41. The molecule has 2 aliphatic rings. The lowest BCUT2D eigenvalue weighted by atomic mass is 9.96. The van der Waals surface area contributed by atoms with E-state index in [4.69, 9.17) is 4.74 Å². The van der Waals surface area contributed by atoms with Crippen LogP contribution in [0.1, 0.15) is 18.4 Å². The fraction of sp³-hybridized carbons (Fsp3) is 0.353. The maximum Gasteiger partial charge on any atom is 0.414 e. The van der Waals surface area contributed by atoms with Gasteiger partial charge in [0, 0.05) is 10.9 Å². The van der Waals surface area contributed by atoms with Crippen LogP contribution in [0, 0.1) is 23.0 Å². The molecule has 2 aromatic rings. The van der Waals surface area contributed by atoms with E-state index in [0.29, 0.717) is 25.2 Å². The van der Waals surface area contributed by atoms with Crippen molar-refractivity contribution in [1.82, 2.24) is 4.37 Å². The van der Waals surface area contributed by atoms with Gasteiger partial charge in [-0.3, -0.25) is 4.90 Å². The maximum absolute atomic E-state index is 14.5. The van der Waals surface area contributed by atoms with Crippen molar-refractivity contribution in [2.24, 2.45) is 0 Å². The second kappa shape index (κ2) is 6.21. The quantitative estimate of drug-likeness (QED) is 0.865. The molecule has 9 heteroatoms. The molecule has 2 heterocycles. The zero-order chi connectivity index (χ0) is 18.3. The summed E-state index contributed by atoms with van der Waals surface area (Å²) in [5.41, 5.74) is -1.20. The van der Waals surface area contributed by atoms with E-state index in [2.05, 4.69) is 9.69 Å². The average molecular weight is 376 g/mol. The molecule has 26 heavy (non-hydrogen) atoms. The summed E-state index contributed by atoms with van der Waals surface area (Å²) in [6, 6.07) is 5.97. The van der Waals surface area contributed by atoms with E-state index in [-0.39, 0.29) is 17.8 Å². The van der Waals surface area contributed by atoms with Gasteiger partial charge in [-0.05, 0) is 42.6 Å². The largest absolute Gasteiger partial charge is 0.442 e. The third kappa shape index (κ3) is 2.86. The molecule has 0 unspecified atom stereocenters. The van der Waals surface area contributed by atoms with Gasteiger partial charge in [-0.15, -0.1) is 0 Å². The molecule has 1 amide bonds. The van der Waals surface area contributed by atoms with Crippen LogP contribution in [0.25, 0.3) is 0 Å². The van der Waals surface area contributed by atoms with Crippen molar-refractivity contribution in [3.05, 3.63) is 40.8 Å². The van der Waals surface area contributed by atoms with Crippen LogP contribution in [0.4, 0.5) is 25.1 Å². The summed E-state index contributed by atoms with van der Waals surface area (Å²) in [5.74, 6) is -0.941. The lowest BCUT2D eigenvalue weighted by Crippen LogP contribution is -2.27. The monoisotopic (exact) mass is 376 g/mol. The Morgan fingerprint density at radius 3 is 2.73 bits per heavy atom. The Hall–Kier alpha value is -2.73. The van der Waals surface area contributed by atoms with Gasteiger partial charge in [-0.2, -0.15) is 9.64 Å². The van der Waals surface area contributed by atoms with Gasteiger partial charge in [0.1, 0.15) is 23.6 Å². The van der Waals surface area contributed by atoms with Gasteiger partial charge in [-0.1, -0.05) is 0 Å². The summed E-state index contributed by atoms with van der Waals surface area (Å²) in [7, 11) is 0. The van der Waals surface area contributed by atoms with Crippen LogP contribution in [0.5, 0.6) is 0 Å². The first-order valence-electron chi connectivity index (χ1n) is 8.05. The fourth-order valence-corrected chi connectivity index (χ4v) is 3.57. The van der Waals surface area contributed by atoms with Crippen LogP contribution in [-0.4, -0.2) is 29.7 Å². The first-order chi connectivity index (χ1) is 12.5. The number of anilines is 2. The number of amides is 1. The number of carbonyl (C=O) groups excluding carboxylic acids is 1. The van der Waals surface area contributed by atoms with E-state index >= 15 is 0 Å². The number of ether oxygens (including phenoxy) is 1. The highest BCUT2D eigenvalue weighted by molar-refractivity contribution is 7.03. The zero-order valence-corrected chi connectivity index (χ0v) is 14.4. The van der Waals surface area contributed by atoms with Crippen molar-refractivity contribution in [3.8, 4) is 6.07 Å². The Kier molecular flexibility index (Phi) is 4.00. The van der Waals surface area contributed by atoms with Gasteiger partial charge in [0.05, 0.1) is 30.3 Å². The van der Waals surface area contributed by atoms with Gasteiger partial charge >= 0.3 is 6.09 Å². The summed E-state index contributed by atoms with van der Waals surface area (Å²) >= 11 is 1.30. The van der Waals surface area contributed by atoms with Crippen molar-refractivity contribution in [1.29, 1.82) is 5.26 Å². The van der Waals surface area contributed by atoms with Crippen LogP contribution < -0.4 is 10.2 Å². The van der Waals surface area contributed by atoms with Crippen LogP contribution >= 0.6 is 11.5 Å². The van der Waals surface area contributed by atoms with Crippen molar-refractivity contribution in [2.45, 2.75) is 24.4 Å². The molecule has 2 fully saturated rings. The molecule has 1 aliphatic heterocycles.